The molecule has 0 saturated carbocycles. The highest BCUT2D eigenvalue weighted by atomic mass is 16.5. The molecule has 0 aromatic carbocycles. The van der Waals surface area contributed by atoms with Crippen molar-refractivity contribution in [3.8, 4) is 0 Å². The molecule has 0 aliphatic carbocycles. The third-order valence-electron chi connectivity index (χ3n) is 3.83. The van der Waals surface area contributed by atoms with Gasteiger partial charge in [-0.05, 0) is 45.4 Å². The molecule has 0 bridgehead atoms. The number of unbranched alkanes of at least 4 members (excludes halogenated alkanes) is 5. The summed E-state index contributed by atoms with van der Waals surface area (Å²) in [6, 6.07) is 0. The highest BCUT2D eigenvalue weighted by molar-refractivity contribution is 5.69. The molecule has 0 fully saturated rings. The maximum absolute atomic E-state index is 11.4. The zero-order valence-corrected chi connectivity index (χ0v) is 16.3. The van der Waals surface area contributed by atoms with Crippen LogP contribution in [0.15, 0.2) is 36.5 Å². The number of rotatable bonds is 16. The molecule has 0 rings (SSSR count). The summed E-state index contributed by atoms with van der Waals surface area (Å²) in [4.78, 5) is 11.4. The van der Waals surface area contributed by atoms with Gasteiger partial charge in [0.2, 0.25) is 0 Å². The van der Waals surface area contributed by atoms with E-state index in [2.05, 4.69) is 43.4 Å². The number of hydrogen-bond donors (Lipinski definition) is 1. The molecule has 0 heterocycles. The number of aliphatic hydroxyl groups is 1. The molecule has 1 unspecified atom stereocenters. The summed E-state index contributed by atoms with van der Waals surface area (Å²) in [5.74, 6) is -0.137. The maximum atomic E-state index is 11.4. The summed E-state index contributed by atoms with van der Waals surface area (Å²) in [5.41, 5.74) is 0. The molecular weight excluding hydrogens is 312 g/mol. The van der Waals surface area contributed by atoms with E-state index in [1.165, 1.54) is 19.3 Å². The van der Waals surface area contributed by atoms with Gasteiger partial charge in [-0.2, -0.15) is 0 Å². The highest BCUT2D eigenvalue weighted by Crippen LogP contribution is 2.08. The predicted octanol–water partition coefficient (Wildman–Crippen LogP) is 5.89. The molecule has 0 aliphatic rings. The number of carbonyl (C=O) groups excluding carboxylic acids is 1. The van der Waals surface area contributed by atoms with Crippen LogP contribution >= 0.6 is 0 Å². The summed E-state index contributed by atoms with van der Waals surface area (Å²) >= 11 is 0. The zero-order valence-electron chi connectivity index (χ0n) is 16.3. The molecule has 144 valence electrons. The molecule has 0 aromatic heterocycles. The predicted molar refractivity (Wildman–Crippen MR) is 107 cm³/mol. The lowest BCUT2D eigenvalue weighted by Gasteiger charge is -2.06. The Hall–Kier alpha value is -1.35. The maximum Gasteiger partial charge on any atom is 0.305 e. The molecular formula is C22H38O3. The second kappa shape index (κ2) is 19.0. The van der Waals surface area contributed by atoms with E-state index in [9.17, 15) is 4.79 Å². The first-order valence-corrected chi connectivity index (χ1v) is 9.95. The van der Waals surface area contributed by atoms with Crippen LogP contribution in [0, 0.1) is 0 Å². The Morgan fingerprint density at radius 1 is 0.920 bits per heavy atom. The highest BCUT2D eigenvalue weighted by Gasteiger charge is 2.03. The fraction of sp³-hybridized carbons (Fsp3) is 0.682. The van der Waals surface area contributed by atoms with Crippen LogP contribution in [0.4, 0.5) is 0 Å². The van der Waals surface area contributed by atoms with Crippen molar-refractivity contribution in [2.24, 2.45) is 0 Å². The van der Waals surface area contributed by atoms with E-state index in [4.69, 9.17) is 9.84 Å². The first-order valence-electron chi connectivity index (χ1n) is 9.95. The van der Waals surface area contributed by atoms with Crippen molar-refractivity contribution in [1.29, 1.82) is 0 Å². The van der Waals surface area contributed by atoms with Gasteiger partial charge in [0, 0.05) is 12.8 Å². The smallest absolute Gasteiger partial charge is 0.305 e. The van der Waals surface area contributed by atoms with Gasteiger partial charge in [-0.15, -0.1) is 0 Å². The van der Waals surface area contributed by atoms with Crippen LogP contribution in [0.1, 0.15) is 84.5 Å². The minimum absolute atomic E-state index is 0.137. The first kappa shape index (κ1) is 23.6. The molecule has 0 spiro atoms. The molecule has 0 saturated heterocycles. The summed E-state index contributed by atoms with van der Waals surface area (Å²) in [5, 5.41) is 9.08. The van der Waals surface area contributed by atoms with E-state index in [0.29, 0.717) is 19.4 Å². The van der Waals surface area contributed by atoms with Gasteiger partial charge in [-0.1, -0.05) is 62.6 Å². The summed E-state index contributed by atoms with van der Waals surface area (Å²) < 4.78 is 5.05. The SMILES string of the molecule is CCC=CCC=CCC=CCCCCCCCC(=O)OCCC(C)O. The third-order valence-corrected chi connectivity index (χ3v) is 3.83. The van der Waals surface area contributed by atoms with Gasteiger partial charge in [0.05, 0.1) is 12.7 Å². The molecule has 0 radical (unpaired) electrons. The van der Waals surface area contributed by atoms with Gasteiger partial charge in [0.15, 0.2) is 0 Å². The van der Waals surface area contributed by atoms with Crippen molar-refractivity contribution in [3.63, 3.8) is 0 Å². The van der Waals surface area contributed by atoms with Crippen molar-refractivity contribution in [2.45, 2.75) is 90.6 Å². The normalized spacial score (nSPS) is 13.2. The van der Waals surface area contributed by atoms with Crippen molar-refractivity contribution in [2.75, 3.05) is 6.61 Å². The van der Waals surface area contributed by atoms with Gasteiger partial charge >= 0.3 is 5.97 Å². The van der Waals surface area contributed by atoms with Gasteiger partial charge in [-0.3, -0.25) is 4.79 Å². The Balaban J connectivity index is 3.31. The van der Waals surface area contributed by atoms with Gasteiger partial charge in [0.1, 0.15) is 0 Å². The number of hydrogen-bond acceptors (Lipinski definition) is 3. The van der Waals surface area contributed by atoms with E-state index in [-0.39, 0.29) is 5.97 Å². The van der Waals surface area contributed by atoms with E-state index >= 15 is 0 Å². The summed E-state index contributed by atoms with van der Waals surface area (Å²) in [6.07, 6.45) is 23.9. The molecule has 0 aliphatic heterocycles. The first-order chi connectivity index (χ1) is 12.2. The molecule has 0 aromatic rings. The number of aliphatic hydroxyl groups excluding tert-OH is 1. The Morgan fingerprint density at radius 2 is 1.52 bits per heavy atom. The third kappa shape index (κ3) is 20.6. The molecule has 1 N–H and O–H groups in total. The Kier molecular flexibility index (Phi) is 18.0. The molecule has 3 heteroatoms. The molecule has 3 nitrogen and oxygen atoms in total. The number of carbonyl (C=O) groups is 1. The second-order valence-electron chi connectivity index (χ2n) is 6.46. The van der Waals surface area contributed by atoms with Crippen molar-refractivity contribution in [3.05, 3.63) is 36.5 Å². The minimum atomic E-state index is -0.402. The van der Waals surface area contributed by atoms with Crippen LogP contribution in [0.25, 0.3) is 0 Å². The fourth-order valence-corrected chi connectivity index (χ4v) is 2.30. The second-order valence-corrected chi connectivity index (χ2v) is 6.46. The van der Waals surface area contributed by atoms with Crippen LogP contribution in [0.2, 0.25) is 0 Å². The topological polar surface area (TPSA) is 46.5 Å². The Morgan fingerprint density at radius 3 is 2.20 bits per heavy atom. The monoisotopic (exact) mass is 350 g/mol. The van der Waals surface area contributed by atoms with Crippen LogP contribution in [0.3, 0.4) is 0 Å². The van der Waals surface area contributed by atoms with E-state index in [1.54, 1.807) is 6.92 Å². The van der Waals surface area contributed by atoms with Crippen molar-refractivity contribution >= 4 is 5.97 Å². The number of esters is 1. The van der Waals surface area contributed by atoms with Crippen LogP contribution < -0.4 is 0 Å². The standard InChI is InChI=1S/C22H38O3/c1-3-4-5-6-7-8-9-10-11-12-13-14-15-16-17-18-22(24)25-20-19-21(2)23/h4-5,7-8,10-11,21,23H,3,6,9,12-20H2,1-2H3. The van der Waals surface area contributed by atoms with Crippen LogP contribution in [-0.4, -0.2) is 23.8 Å². The molecule has 25 heavy (non-hydrogen) atoms. The van der Waals surface area contributed by atoms with E-state index in [1.807, 2.05) is 0 Å². The van der Waals surface area contributed by atoms with Crippen LogP contribution in [0.5, 0.6) is 0 Å². The minimum Gasteiger partial charge on any atom is -0.466 e. The van der Waals surface area contributed by atoms with Gasteiger partial charge in [0.25, 0.3) is 0 Å². The fourth-order valence-electron chi connectivity index (χ4n) is 2.30. The van der Waals surface area contributed by atoms with Gasteiger partial charge < -0.3 is 9.84 Å². The lowest BCUT2D eigenvalue weighted by Crippen LogP contribution is -2.10. The quantitative estimate of drug-likeness (QED) is 0.214. The lowest BCUT2D eigenvalue weighted by molar-refractivity contribution is -0.144. The number of ether oxygens (including phenoxy) is 1. The van der Waals surface area contributed by atoms with E-state index in [0.717, 1.165) is 38.5 Å². The summed E-state index contributed by atoms with van der Waals surface area (Å²) in [7, 11) is 0. The van der Waals surface area contributed by atoms with Crippen LogP contribution in [-0.2, 0) is 9.53 Å². The largest absolute Gasteiger partial charge is 0.466 e. The van der Waals surface area contributed by atoms with Crippen molar-refractivity contribution < 1.29 is 14.6 Å². The molecule has 0 amide bonds. The average Bonchev–Trinajstić information content (AvgIpc) is 2.58. The van der Waals surface area contributed by atoms with E-state index < -0.39 is 6.10 Å². The van der Waals surface area contributed by atoms with Crippen molar-refractivity contribution in [1.82, 2.24) is 0 Å². The van der Waals surface area contributed by atoms with Gasteiger partial charge in [-0.25, -0.2) is 0 Å². The summed E-state index contributed by atoms with van der Waals surface area (Å²) in [6.45, 7) is 4.18. The Labute approximate surface area is 154 Å². The Bertz CT molecular complexity index is 381. The lowest BCUT2D eigenvalue weighted by atomic mass is 10.1. The average molecular weight is 351 g/mol. The molecule has 1 atom stereocenters. The zero-order chi connectivity index (χ0) is 18.6. The number of allylic oxidation sites excluding steroid dienone is 6.